The van der Waals surface area contributed by atoms with Gasteiger partial charge < -0.3 is 10.5 Å². The number of benzene rings is 1. The van der Waals surface area contributed by atoms with Crippen molar-refractivity contribution in [2.45, 2.75) is 32.9 Å². The SMILES string of the molecule is CCOc1ccc(C(F)(F)F)cc1CC(C)CCN. The van der Waals surface area contributed by atoms with Crippen LogP contribution in [0.2, 0.25) is 0 Å². The molecule has 0 heterocycles. The number of hydrogen-bond acceptors (Lipinski definition) is 2. The second kappa shape index (κ2) is 6.80. The molecule has 0 aliphatic carbocycles. The molecule has 19 heavy (non-hydrogen) atoms. The van der Waals surface area contributed by atoms with Crippen molar-refractivity contribution in [3.8, 4) is 5.75 Å². The van der Waals surface area contributed by atoms with Gasteiger partial charge in [-0.15, -0.1) is 0 Å². The highest BCUT2D eigenvalue weighted by Crippen LogP contribution is 2.33. The standard InChI is InChI=1S/C14H20F3NO/c1-3-19-13-5-4-12(14(15,16)17)9-11(13)8-10(2)6-7-18/h4-5,9-10H,3,6-8,18H2,1-2H3. The van der Waals surface area contributed by atoms with E-state index in [0.717, 1.165) is 12.5 Å². The quantitative estimate of drug-likeness (QED) is 0.860. The van der Waals surface area contributed by atoms with Gasteiger partial charge in [0.25, 0.3) is 0 Å². The molecular formula is C14H20F3NO. The van der Waals surface area contributed by atoms with E-state index in [1.807, 2.05) is 13.8 Å². The van der Waals surface area contributed by atoms with Gasteiger partial charge in [-0.2, -0.15) is 13.2 Å². The van der Waals surface area contributed by atoms with Gasteiger partial charge in [-0.25, -0.2) is 0 Å². The molecule has 0 aromatic heterocycles. The van der Waals surface area contributed by atoms with Crippen molar-refractivity contribution < 1.29 is 17.9 Å². The van der Waals surface area contributed by atoms with Crippen LogP contribution in [-0.4, -0.2) is 13.2 Å². The maximum Gasteiger partial charge on any atom is 0.416 e. The summed E-state index contributed by atoms with van der Waals surface area (Å²) in [6.45, 7) is 4.75. The van der Waals surface area contributed by atoms with Crippen LogP contribution in [0.25, 0.3) is 0 Å². The molecule has 0 aliphatic heterocycles. The average Bonchev–Trinajstić information content (AvgIpc) is 2.30. The van der Waals surface area contributed by atoms with Crippen LogP contribution in [0.1, 0.15) is 31.4 Å². The van der Waals surface area contributed by atoms with Crippen LogP contribution in [0.3, 0.4) is 0 Å². The van der Waals surface area contributed by atoms with Gasteiger partial charge in [0.15, 0.2) is 0 Å². The minimum atomic E-state index is -4.32. The van der Waals surface area contributed by atoms with Crippen LogP contribution >= 0.6 is 0 Å². The van der Waals surface area contributed by atoms with E-state index in [0.29, 0.717) is 30.9 Å². The zero-order valence-electron chi connectivity index (χ0n) is 11.3. The Morgan fingerprint density at radius 2 is 2.00 bits per heavy atom. The number of nitrogens with two attached hydrogens (primary N) is 1. The third-order valence-electron chi connectivity index (χ3n) is 2.92. The zero-order valence-corrected chi connectivity index (χ0v) is 11.3. The molecule has 1 unspecified atom stereocenters. The molecule has 0 fully saturated rings. The maximum atomic E-state index is 12.7. The number of ether oxygens (including phenoxy) is 1. The molecule has 0 saturated heterocycles. The third kappa shape index (κ3) is 4.74. The van der Waals surface area contributed by atoms with Gasteiger partial charge in [0.2, 0.25) is 0 Å². The molecule has 2 N–H and O–H groups in total. The average molecular weight is 275 g/mol. The second-order valence-electron chi connectivity index (χ2n) is 4.64. The van der Waals surface area contributed by atoms with Crippen molar-refractivity contribution in [3.05, 3.63) is 29.3 Å². The summed E-state index contributed by atoms with van der Waals surface area (Å²) < 4.78 is 43.5. The van der Waals surface area contributed by atoms with Crippen LogP contribution in [0.5, 0.6) is 5.75 Å². The summed E-state index contributed by atoms with van der Waals surface area (Å²) in [5.74, 6) is 0.757. The monoisotopic (exact) mass is 275 g/mol. The van der Waals surface area contributed by atoms with Gasteiger partial charge in [-0.1, -0.05) is 6.92 Å². The summed E-state index contributed by atoms with van der Waals surface area (Å²) in [7, 11) is 0. The molecule has 1 aromatic carbocycles. The Morgan fingerprint density at radius 1 is 1.32 bits per heavy atom. The first-order valence-electron chi connectivity index (χ1n) is 6.41. The van der Waals surface area contributed by atoms with E-state index in [9.17, 15) is 13.2 Å². The Hall–Kier alpha value is -1.23. The highest BCUT2D eigenvalue weighted by atomic mass is 19.4. The Morgan fingerprint density at radius 3 is 2.53 bits per heavy atom. The summed E-state index contributed by atoms with van der Waals surface area (Å²) in [5.41, 5.74) is 5.43. The fourth-order valence-electron chi connectivity index (χ4n) is 1.97. The lowest BCUT2D eigenvalue weighted by Crippen LogP contribution is -2.11. The molecule has 108 valence electrons. The van der Waals surface area contributed by atoms with Crippen LogP contribution in [0.4, 0.5) is 13.2 Å². The van der Waals surface area contributed by atoms with Gasteiger partial charge in [0.1, 0.15) is 5.75 Å². The van der Waals surface area contributed by atoms with Crippen molar-refractivity contribution in [2.24, 2.45) is 11.7 Å². The fraction of sp³-hybridized carbons (Fsp3) is 0.571. The Bertz CT molecular complexity index is 404. The van der Waals surface area contributed by atoms with E-state index in [-0.39, 0.29) is 5.92 Å². The molecule has 2 nitrogen and oxygen atoms in total. The van der Waals surface area contributed by atoms with E-state index < -0.39 is 11.7 Å². The maximum absolute atomic E-state index is 12.7. The molecule has 0 amide bonds. The first kappa shape index (κ1) is 15.8. The smallest absolute Gasteiger partial charge is 0.416 e. The molecule has 1 atom stereocenters. The lowest BCUT2D eigenvalue weighted by molar-refractivity contribution is -0.137. The first-order valence-corrected chi connectivity index (χ1v) is 6.41. The van der Waals surface area contributed by atoms with Crippen LogP contribution in [0.15, 0.2) is 18.2 Å². The van der Waals surface area contributed by atoms with E-state index >= 15 is 0 Å². The van der Waals surface area contributed by atoms with Crippen molar-refractivity contribution >= 4 is 0 Å². The van der Waals surface area contributed by atoms with E-state index in [4.69, 9.17) is 10.5 Å². The van der Waals surface area contributed by atoms with E-state index in [1.165, 1.54) is 12.1 Å². The minimum Gasteiger partial charge on any atom is -0.494 e. The first-order chi connectivity index (χ1) is 8.88. The topological polar surface area (TPSA) is 35.2 Å². The molecule has 0 radical (unpaired) electrons. The van der Waals surface area contributed by atoms with E-state index in [1.54, 1.807) is 0 Å². The molecule has 0 saturated carbocycles. The predicted molar refractivity (Wildman–Crippen MR) is 69.2 cm³/mol. The van der Waals surface area contributed by atoms with Gasteiger partial charge in [0.05, 0.1) is 12.2 Å². The van der Waals surface area contributed by atoms with Crippen LogP contribution in [0, 0.1) is 5.92 Å². The summed E-state index contributed by atoms with van der Waals surface area (Å²) in [4.78, 5) is 0. The molecule has 1 aromatic rings. The third-order valence-corrected chi connectivity index (χ3v) is 2.92. The lowest BCUT2D eigenvalue weighted by Gasteiger charge is -2.16. The van der Waals surface area contributed by atoms with Crippen molar-refractivity contribution in [3.63, 3.8) is 0 Å². The summed E-state index contributed by atoms with van der Waals surface area (Å²) in [5, 5.41) is 0. The molecule has 1 rings (SSSR count). The van der Waals surface area contributed by atoms with Crippen LogP contribution < -0.4 is 10.5 Å². The number of hydrogen-bond donors (Lipinski definition) is 1. The molecular weight excluding hydrogens is 255 g/mol. The molecule has 0 spiro atoms. The van der Waals surface area contributed by atoms with Crippen molar-refractivity contribution in [2.75, 3.05) is 13.2 Å². The largest absolute Gasteiger partial charge is 0.494 e. The molecule has 0 bridgehead atoms. The van der Waals surface area contributed by atoms with Gasteiger partial charge in [-0.3, -0.25) is 0 Å². The lowest BCUT2D eigenvalue weighted by atomic mass is 9.96. The fourth-order valence-corrected chi connectivity index (χ4v) is 1.97. The summed E-state index contributed by atoms with van der Waals surface area (Å²) in [6, 6.07) is 3.64. The van der Waals surface area contributed by atoms with Gasteiger partial charge in [-0.05, 0) is 56.0 Å². The zero-order chi connectivity index (χ0) is 14.5. The number of halogens is 3. The van der Waals surface area contributed by atoms with Gasteiger partial charge in [0, 0.05) is 0 Å². The second-order valence-corrected chi connectivity index (χ2v) is 4.64. The molecule has 0 aliphatic rings. The number of alkyl halides is 3. The van der Waals surface area contributed by atoms with Gasteiger partial charge >= 0.3 is 6.18 Å². The minimum absolute atomic E-state index is 0.229. The van der Waals surface area contributed by atoms with Crippen LogP contribution in [-0.2, 0) is 12.6 Å². The van der Waals surface area contributed by atoms with E-state index in [2.05, 4.69) is 0 Å². The van der Waals surface area contributed by atoms with Crippen molar-refractivity contribution in [1.82, 2.24) is 0 Å². The normalized spacial score (nSPS) is 13.4. The summed E-state index contributed by atoms with van der Waals surface area (Å²) in [6.07, 6.45) is -3.01. The highest BCUT2D eigenvalue weighted by Gasteiger charge is 2.31. The molecule has 5 heteroatoms. The Labute approximate surface area is 111 Å². The van der Waals surface area contributed by atoms with Crippen molar-refractivity contribution in [1.29, 1.82) is 0 Å². The Kier molecular flexibility index (Phi) is 5.66. The predicted octanol–water partition coefficient (Wildman–Crippen LogP) is 3.63. The number of rotatable bonds is 6. The summed E-state index contributed by atoms with van der Waals surface area (Å²) >= 11 is 0. The highest BCUT2D eigenvalue weighted by molar-refractivity contribution is 5.38. The Balaban J connectivity index is 3.01.